The number of carboxylic acids is 1. The molecule has 8 N–H and O–H groups in total. The van der Waals surface area contributed by atoms with Gasteiger partial charge in [-0.2, -0.15) is 0 Å². The van der Waals surface area contributed by atoms with E-state index >= 15 is 0 Å². The van der Waals surface area contributed by atoms with E-state index in [1.807, 2.05) is 0 Å². The SMILES string of the molecule is CNC(CCC(=O)O)C(=O)NC(CC(N)=O)C(=O)NCC(N)=O. The molecule has 0 spiro atoms. The molecular formula is C12H21N5O6. The Morgan fingerprint density at radius 1 is 1.00 bits per heavy atom. The van der Waals surface area contributed by atoms with Gasteiger partial charge in [0.05, 0.1) is 19.0 Å². The van der Waals surface area contributed by atoms with Crippen LogP contribution in [0.3, 0.4) is 0 Å². The van der Waals surface area contributed by atoms with E-state index < -0.39 is 54.6 Å². The quantitative estimate of drug-likeness (QED) is 0.225. The maximum atomic E-state index is 12.0. The van der Waals surface area contributed by atoms with Crippen molar-refractivity contribution in [2.75, 3.05) is 13.6 Å². The van der Waals surface area contributed by atoms with Crippen LogP contribution >= 0.6 is 0 Å². The summed E-state index contributed by atoms with van der Waals surface area (Å²) in [5.41, 5.74) is 9.90. The van der Waals surface area contributed by atoms with Crippen LogP contribution in [0.1, 0.15) is 19.3 Å². The zero-order valence-electron chi connectivity index (χ0n) is 12.6. The van der Waals surface area contributed by atoms with Crippen LogP contribution in [0.2, 0.25) is 0 Å². The summed E-state index contributed by atoms with van der Waals surface area (Å²) >= 11 is 0. The first-order valence-corrected chi connectivity index (χ1v) is 6.71. The van der Waals surface area contributed by atoms with Crippen molar-refractivity contribution < 1.29 is 29.1 Å². The second-order valence-corrected chi connectivity index (χ2v) is 4.69. The average molecular weight is 331 g/mol. The van der Waals surface area contributed by atoms with Crippen LogP contribution in [0, 0.1) is 0 Å². The van der Waals surface area contributed by atoms with Crippen LogP contribution in [-0.4, -0.2) is 60.4 Å². The number of nitrogens with one attached hydrogen (secondary N) is 3. The largest absolute Gasteiger partial charge is 0.481 e. The normalized spacial score (nSPS) is 12.7. The van der Waals surface area contributed by atoms with Gasteiger partial charge in [-0.05, 0) is 13.5 Å². The zero-order chi connectivity index (χ0) is 18.0. The summed E-state index contributed by atoms with van der Waals surface area (Å²) in [4.78, 5) is 56.0. The van der Waals surface area contributed by atoms with Crippen molar-refractivity contribution in [3.05, 3.63) is 0 Å². The fraction of sp³-hybridized carbons (Fsp3) is 0.583. The first kappa shape index (κ1) is 20.3. The Morgan fingerprint density at radius 3 is 2.04 bits per heavy atom. The second kappa shape index (κ2) is 10.1. The van der Waals surface area contributed by atoms with Gasteiger partial charge in [0.1, 0.15) is 6.04 Å². The molecule has 0 aliphatic carbocycles. The number of hydrogen-bond acceptors (Lipinski definition) is 6. The first-order valence-electron chi connectivity index (χ1n) is 6.71. The topological polar surface area (TPSA) is 194 Å². The lowest BCUT2D eigenvalue weighted by atomic mass is 10.1. The van der Waals surface area contributed by atoms with Crippen molar-refractivity contribution >= 4 is 29.6 Å². The lowest BCUT2D eigenvalue weighted by molar-refractivity contribution is -0.137. The highest BCUT2D eigenvalue weighted by atomic mass is 16.4. The summed E-state index contributed by atoms with van der Waals surface area (Å²) in [6, 6.07) is -2.16. The summed E-state index contributed by atoms with van der Waals surface area (Å²) in [5.74, 6) is -4.18. The van der Waals surface area contributed by atoms with Gasteiger partial charge in [0, 0.05) is 6.42 Å². The number of carbonyl (C=O) groups is 5. The Morgan fingerprint density at radius 2 is 1.61 bits per heavy atom. The van der Waals surface area contributed by atoms with Crippen molar-refractivity contribution in [1.82, 2.24) is 16.0 Å². The van der Waals surface area contributed by atoms with Crippen molar-refractivity contribution in [3.8, 4) is 0 Å². The van der Waals surface area contributed by atoms with E-state index in [0.717, 1.165) is 0 Å². The predicted molar refractivity (Wildman–Crippen MR) is 77.7 cm³/mol. The number of primary amides is 2. The summed E-state index contributed by atoms with van der Waals surface area (Å²) in [5, 5.41) is 15.7. The third-order valence-corrected chi connectivity index (χ3v) is 2.79. The molecule has 0 heterocycles. The Labute approximate surface area is 132 Å². The molecule has 0 bridgehead atoms. The minimum absolute atomic E-state index is 0.0101. The predicted octanol–water partition coefficient (Wildman–Crippen LogP) is -3.60. The molecule has 0 aromatic heterocycles. The van der Waals surface area contributed by atoms with Crippen LogP contribution in [-0.2, 0) is 24.0 Å². The van der Waals surface area contributed by atoms with E-state index in [1.165, 1.54) is 7.05 Å². The van der Waals surface area contributed by atoms with Crippen LogP contribution < -0.4 is 27.4 Å². The molecule has 0 aromatic rings. The zero-order valence-corrected chi connectivity index (χ0v) is 12.6. The van der Waals surface area contributed by atoms with E-state index in [0.29, 0.717) is 0 Å². The van der Waals surface area contributed by atoms with Gasteiger partial charge in [0.25, 0.3) is 0 Å². The number of amides is 4. The van der Waals surface area contributed by atoms with Gasteiger partial charge in [-0.1, -0.05) is 0 Å². The van der Waals surface area contributed by atoms with Crippen molar-refractivity contribution in [3.63, 3.8) is 0 Å². The maximum Gasteiger partial charge on any atom is 0.303 e. The molecule has 2 unspecified atom stereocenters. The highest BCUT2D eigenvalue weighted by Gasteiger charge is 2.26. The standard InChI is InChI=1S/C12H21N5O6/c1-15-6(2-3-10(20)21)12(23)17-7(4-8(13)18)11(22)16-5-9(14)19/h6-7,15H,2-5H2,1H3,(H2,13,18)(H2,14,19)(H,16,22)(H,17,23)(H,20,21). The number of aliphatic carboxylic acids is 1. The van der Waals surface area contributed by atoms with Gasteiger partial charge in [0.15, 0.2) is 0 Å². The van der Waals surface area contributed by atoms with Crippen LogP contribution in [0.15, 0.2) is 0 Å². The molecule has 0 aliphatic rings. The van der Waals surface area contributed by atoms with Crippen molar-refractivity contribution in [2.24, 2.45) is 11.5 Å². The van der Waals surface area contributed by atoms with Gasteiger partial charge < -0.3 is 32.5 Å². The number of hydrogen-bond donors (Lipinski definition) is 6. The number of carboxylic acid groups (broad SMARTS) is 1. The Bertz CT molecular complexity index is 481. The number of carbonyl (C=O) groups excluding carboxylic acids is 4. The van der Waals surface area contributed by atoms with E-state index in [1.54, 1.807) is 0 Å². The minimum Gasteiger partial charge on any atom is -0.481 e. The lowest BCUT2D eigenvalue weighted by Gasteiger charge is -2.21. The molecule has 0 radical (unpaired) electrons. The van der Waals surface area contributed by atoms with Crippen LogP contribution in [0.4, 0.5) is 0 Å². The van der Waals surface area contributed by atoms with Crippen molar-refractivity contribution in [1.29, 1.82) is 0 Å². The van der Waals surface area contributed by atoms with Crippen molar-refractivity contribution in [2.45, 2.75) is 31.3 Å². The smallest absolute Gasteiger partial charge is 0.303 e. The van der Waals surface area contributed by atoms with Gasteiger partial charge in [-0.3, -0.25) is 24.0 Å². The maximum absolute atomic E-state index is 12.0. The highest BCUT2D eigenvalue weighted by Crippen LogP contribution is 2.00. The molecular weight excluding hydrogens is 310 g/mol. The molecule has 0 aromatic carbocycles. The second-order valence-electron chi connectivity index (χ2n) is 4.69. The monoisotopic (exact) mass is 331 g/mol. The number of likely N-dealkylation sites (N-methyl/N-ethyl adjacent to an activating group) is 1. The van der Waals surface area contributed by atoms with Gasteiger partial charge >= 0.3 is 5.97 Å². The highest BCUT2D eigenvalue weighted by molar-refractivity contribution is 5.94. The molecule has 11 nitrogen and oxygen atoms in total. The molecule has 2 atom stereocenters. The van der Waals surface area contributed by atoms with Crippen LogP contribution in [0.25, 0.3) is 0 Å². The third kappa shape index (κ3) is 9.03. The van der Waals surface area contributed by atoms with E-state index in [2.05, 4.69) is 16.0 Å². The summed E-state index contributed by atoms with van der Waals surface area (Å²) in [6.45, 7) is -0.460. The van der Waals surface area contributed by atoms with Gasteiger partial charge in [0.2, 0.25) is 23.6 Å². The molecule has 23 heavy (non-hydrogen) atoms. The van der Waals surface area contributed by atoms with Gasteiger partial charge in [-0.15, -0.1) is 0 Å². The molecule has 0 aliphatic heterocycles. The molecule has 130 valence electrons. The number of rotatable bonds is 11. The summed E-state index contributed by atoms with van der Waals surface area (Å²) in [6.07, 6.45) is -0.747. The summed E-state index contributed by atoms with van der Waals surface area (Å²) in [7, 11) is 1.45. The average Bonchev–Trinajstić information content (AvgIpc) is 2.43. The third-order valence-electron chi connectivity index (χ3n) is 2.79. The number of nitrogens with two attached hydrogens (primary N) is 2. The lowest BCUT2D eigenvalue weighted by Crippen LogP contribution is -2.54. The Hall–Kier alpha value is -2.69. The van der Waals surface area contributed by atoms with E-state index in [9.17, 15) is 24.0 Å². The molecule has 0 saturated carbocycles. The molecule has 0 rings (SSSR count). The molecule has 4 amide bonds. The Kier molecular flexibility index (Phi) is 8.92. The molecule has 11 heteroatoms. The fourth-order valence-corrected chi connectivity index (χ4v) is 1.65. The minimum atomic E-state index is -1.29. The Balaban J connectivity index is 4.80. The fourth-order valence-electron chi connectivity index (χ4n) is 1.65. The van der Waals surface area contributed by atoms with Gasteiger partial charge in [-0.25, -0.2) is 0 Å². The summed E-state index contributed by atoms with van der Waals surface area (Å²) < 4.78 is 0. The van der Waals surface area contributed by atoms with E-state index in [-0.39, 0.29) is 12.8 Å². The van der Waals surface area contributed by atoms with Crippen LogP contribution in [0.5, 0.6) is 0 Å². The van der Waals surface area contributed by atoms with E-state index in [4.69, 9.17) is 16.6 Å². The molecule has 0 fully saturated rings. The molecule has 0 saturated heterocycles. The first-order chi connectivity index (χ1) is 10.7.